The lowest BCUT2D eigenvalue weighted by Gasteiger charge is -2.45. The van der Waals surface area contributed by atoms with Crippen LogP contribution in [0.3, 0.4) is 0 Å². The number of hydrogen-bond donors (Lipinski definition) is 0. The van der Waals surface area contributed by atoms with Gasteiger partial charge in [0.05, 0.1) is 6.04 Å². The van der Waals surface area contributed by atoms with Crippen molar-refractivity contribution in [3.63, 3.8) is 0 Å². The molecular formula is C75H56B3N3. The van der Waals surface area contributed by atoms with Gasteiger partial charge in [0.2, 0.25) is 20.1 Å². The van der Waals surface area contributed by atoms with E-state index < -0.39 is 0 Å². The van der Waals surface area contributed by atoms with Gasteiger partial charge < -0.3 is 14.7 Å². The summed E-state index contributed by atoms with van der Waals surface area (Å²) in [7, 11) is 0. The van der Waals surface area contributed by atoms with Crippen molar-refractivity contribution >= 4 is 115 Å². The van der Waals surface area contributed by atoms with Crippen molar-refractivity contribution in [2.75, 3.05) is 14.7 Å². The van der Waals surface area contributed by atoms with Gasteiger partial charge in [-0.3, -0.25) is 0 Å². The quantitative estimate of drug-likeness (QED) is 0.163. The maximum absolute atomic E-state index is 2.55. The number of hydrogen-bond acceptors (Lipinski definition) is 3. The second-order valence-electron chi connectivity index (χ2n) is 22.7. The van der Waals surface area contributed by atoms with E-state index in [0.717, 1.165) is 0 Å². The molecule has 380 valence electrons. The van der Waals surface area contributed by atoms with Crippen molar-refractivity contribution < 1.29 is 0 Å². The van der Waals surface area contributed by atoms with E-state index in [9.17, 15) is 0 Å². The number of rotatable bonds is 3. The first-order valence-electron chi connectivity index (χ1n) is 28.8. The minimum Gasteiger partial charge on any atom is -0.335 e. The van der Waals surface area contributed by atoms with Crippen LogP contribution < -0.4 is 58.4 Å². The second kappa shape index (κ2) is 18.8. The van der Waals surface area contributed by atoms with Crippen LogP contribution >= 0.6 is 0 Å². The molecule has 18 rings (SSSR count). The molecule has 0 N–H and O–H groups in total. The standard InChI is InChI=1S/C25H18BN.C25H20BN.C25H18BN/c1-17-9-7-14-21-24(17)19-12-8-16-23-25(19)26(21)20-13-5-6-15-22(20)27(23)18-10-3-2-4-11-18;1-17-9-7-15-22-24(17)26-21-14-6-5-12-19(21)20-13-8-16-23(25(20)26)27(22)18-10-3-2-4-11-18;1-17-14-15-23-22(16-17)26-21-12-6-5-10-19(21)20-11-7-13-24(25(20)26)27(23)18-8-3-2-4-9-18/h2-16H,1H3;2-16,23,25H,1H3;2-16H,1H3/t;23?,25-;/m.1./s1. The molecule has 0 spiro atoms. The molecule has 0 fully saturated rings. The lowest BCUT2D eigenvalue weighted by molar-refractivity contribution is 0.782. The van der Waals surface area contributed by atoms with Gasteiger partial charge in [-0.25, -0.2) is 0 Å². The fraction of sp³-hybridized carbons (Fsp3) is 0.0667. The molecule has 11 aromatic carbocycles. The predicted molar refractivity (Wildman–Crippen MR) is 348 cm³/mol. The van der Waals surface area contributed by atoms with Gasteiger partial charge in [-0.15, -0.1) is 0 Å². The Labute approximate surface area is 477 Å². The maximum atomic E-state index is 2.55. The summed E-state index contributed by atoms with van der Waals surface area (Å²) in [6, 6.07) is 93.3. The largest absolute Gasteiger partial charge is 0.335 e. The van der Waals surface area contributed by atoms with Crippen LogP contribution in [-0.2, 0) is 0 Å². The molecule has 1 unspecified atom stereocenters. The summed E-state index contributed by atoms with van der Waals surface area (Å²) in [4.78, 5) is 7.40. The zero-order valence-electron chi connectivity index (χ0n) is 45.7. The molecule has 3 nitrogen and oxygen atoms in total. The minimum atomic E-state index is 0.322. The zero-order chi connectivity index (χ0) is 53.9. The molecule has 6 aliphatic heterocycles. The van der Waals surface area contributed by atoms with Crippen molar-refractivity contribution in [1.82, 2.24) is 0 Å². The first kappa shape index (κ1) is 47.5. The van der Waals surface area contributed by atoms with Crippen LogP contribution in [0.15, 0.2) is 273 Å². The molecule has 7 aliphatic rings. The van der Waals surface area contributed by atoms with E-state index in [-0.39, 0.29) is 0 Å². The van der Waals surface area contributed by atoms with Crippen molar-refractivity contribution in [3.8, 4) is 22.3 Å². The SMILES string of the molecule is Cc1ccc2c(c1)B1c3ccccc3-c3cccc(c31)N2c1ccccc1.Cc1cccc2c1-c1cccc3c1B2c1ccccc1N3c1ccccc1.Cc1cccc2c1B1c3ccccc3C3=CC=CC([C@H]13)N2c1ccccc1. The smallest absolute Gasteiger partial charge is 0.248 e. The Morgan fingerprint density at radius 2 is 0.852 bits per heavy atom. The van der Waals surface area contributed by atoms with Crippen LogP contribution in [0.1, 0.15) is 22.3 Å². The van der Waals surface area contributed by atoms with Gasteiger partial charge >= 0.3 is 0 Å². The lowest BCUT2D eigenvalue weighted by atomic mass is 9.32. The van der Waals surface area contributed by atoms with Gasteiger partial charge in [0.15, 0.2) is 0 Å². The van der Waals surface area contributed by atoms with E-state index in [1.807, 2.05) is 0 Å². The number of fused-ring (bicyclic) bond motifs is 15. The van der Waals surface area contributed by atoms with Crippen molar-refractivity contribution in [1.29, 1.82) is 0 Å². The number of aryl methyl sites for hydroxylation is 3. The second-order valence-corrected chi connectivity index (χ2v) is 22.7. The van der Waals surface area contributed by atoms with E-state index in [1.54, 1.807) is 0 Å². The highest BCUT2D eigenvalue weighted by Crippen LogP contribution is 2.50. The summed E-state index contributed by atoms with van der Waals surface area (Å²) in [5.74, 6) is 0.473. The van der Waals surface area contributed by atoms with Gasteiger partial charge in [0.25, 0.3) is 0 Å². The number of allylic oxidation sites excluding steroid dienone is 2. The maximum Gasteiger partial charge on any atom is 0.248 e. The monoisotopic (exact) mass is 1030 g/mol. The summed E-state index contributed by atoms with van der Waals surface area (Å²) < 4.78 is 0. The molecule has 6 heteroatoms. The molecule has 0 bridgehead atoms. The Hall–Kier alpha value is -9.51. The van der Waals surface area contributed by atoms with Crippen molar-refractivity contribution in [2.24, 2.45) is 0 Å². The molecule has 0 aromatic heterocycles. The third-order valence-electron chi connectivity index (χ3n) is 18.4. The number of anilines is 8. The number of benzene rings is 11. The van der Waals surface area contributed by atoms with Crippen LogP contribution in [-0.4, -0.2) is 26.2 Å². The normalized spacial score (nSPS) is 16.0. The Morgan fingerprint density at radius 3 is 1.58 bits per heavy atom. The summed E-state index contributed by atoms with van der Waals surface area (Å²) in [5.41, 5.74) is 34.3. The molecule has 81 heavy (non-hydrogen) atoms. The van der Waals surface area contributed by atoms with E-state index in [1.165, 1.54) is 139 Å². The predicted octanol–water partition coefficient (Wildman–Crippen LogP) is 13.0. The summed E-state index contributed by atoms with van der Waals surface area (Å²) in [6.45, 7) is 7.78. The first-order valence-corrected chi connectivity index (χ1v) is 28.8. The van der Waals surface area contributed by atoms with Gasteiger partial charge in [-0.1, -0.05) is 234 Å². The van der Waals surface area contributed by atoms with Gasteiger partial charge in [-0.2, -0.15) is 0 Å². The van der Waals surface area contributed by atoms with Crippen molar-refractivity contribution in [3.05, 3.63) is 295 Å². The molecule has 11 aromatic rings. The molecular weight excluding hydrogens is 975 g/mol. The molecule has 0 amide bonds. The highest BCUT2D eigenvalue weighted by molar-refractivity contribution is 7.02. The topological polar surface area (TPSA) is 9.72 Å². The van der Waals surface area contributed by atoms with Gasteiger partial charge in [0.1, 0.15) is 0 Å². The number of para-hydroxylation sites is 4. The van der Waals surface area contributed by atoms with E-state index in [4.69, 9.17) is 0 Å². The lowest BCUT2D eigenvalue weighted by Crippen LogP contribution is -2.56. The third-order valence-corrected chi connectivity index (χ3v) is 18.4. The third kappa shape index (κ3) is 7.19. The van der Waals surface area contributed by atoms with Crippen LogP contribution in [0.25, 0.3) is 27.8 Å². The molecule has 1 aliphatic carbocycles. The number of nitrogens with zero attached hydrogens (tertiary/aromatic N) is 3. The highest BCUT2D eigenvalue weighted by Gasteiger charge is 2.52. The Morgan fingerprint density at radius 1 is 0.346 bits per heavy atom. The van der Waals surface area contributed by atoms with Crippen molar-refractivity contribution in [2.45, 2.75) is 32.6 Å². The first-order chi connectivity index (χ1) is 40.0. The average Bonchev–Trinajstić information content (AvgIpc) is 4.30. The fourth-order valence-electron chi connectivity index (χ4n) is 15.3. The van der Waals surface area contributed by atoms with Crippen LogP contribution in [0.5, 0.6) is 0 Å². The summed E-state index contributed by atoms with van der Waals surface area (Å²) >= 11 is 0. The molecule has 6 heterocycles. The van der Waals surface area contributed by atoms with E-state index in [0.29, 0.717) is 32.0 Å². The zero-order valence-corrected chi connectivity index (χ0v) is 45.7. The average molecular weight is 1030 g/mol. The minimum absolute atomic E-state index is 0.322. The fourth-order valence-corrected chi connectivity index (χ4v) is 15.3. The van der Waals surface area contributed by atoms with Crippen LogP contribution in [0.2, 0.25) is 5.82 Å². The molecule has 0 radical (unpaired) electrons. The Kier molecular flexibility index (Phi) is 11.0. The van der Waals surface area contributed by atoms with E-state index >= 15 is 0 Å². The van der Waals surface area contributed by atoms with Crippen LogP contribution in [0, 0.1) is 20.8 Å². The Bertz CT molecular complexity index is 4400. The van der Waals surface area contributed by atoms with Crippen LogP contribution in [0.4, 0.5) is 45.5 Å². The summed E-state index contributed by atoms with van der Waals surface area (Å²) in [5, 5.41) is 0. The van der Waals surface area contributed by atoms with E-state index in [2.05, 4.69) is 308 Å². The van der Waals surface area contributed by atoms with Gasteiger partial charge in [-0.05, 0) is 160 Å². The summed E-state index contributed by atoms with van der Waals surface area (Å²) in [6.07, 6.45) is 6.99. The molecule has 0 saturated heterocycles. The highest BCUT2D eigenvalue weighted by atomic mass is 15.2. The van der Waals surface area contributed by atoms with Gasteiger partial charge in [0, 0.05) is 45.5 Å². The Balaban J connectivity index is 0.000000100. The molecule has 0 saturated carbocycles. The molecule has 2 atom stereocenters.